The molecule has 4 nitrogen and oxygen atoms in total. The molecule has 0 N–H and O–H groups in total. The number of likely N-dealkylation sites (N-methyl/N-ethyl adjacent to an activating group) is 1. The van der Waals surface area contributed by atoms with E-state index in [2.05, 4.69) is 40.9 Å². The van der Waals surface area contributed by atoms with Crippen molar-refractivity contribution in [2.75, 3.05) is 58.3 Å². The van der Waals surface area contributed by atoms with Crippen LogP contribution in [0.5, 0.6) is 0 Å². The minimum Gasteiger partial charge on any atom is -0.369 e. The Morgan fingerprint density at radius 2 is 1.95 bits per heavy atom. The summed E-state index contributed by atoms with van der Waals surface area (Å²) in [5.41, 5.74) is 1.92. The predicted molar refractivity (Wildman–Crippen MR) is 78.4 cm³/mol. The van der Waals surface area contributed by atoms with Crippen molar-refractivity contribution in [2.24, 2.45) is 0 Å². The van der Waals surface area contributed by atoms with E-state index < -0.39 is 0 Å². The number of nitrogens with zero attached hydrogens (tertiary/aromatic N) is 4. The second-order valence-electron chi connectivity index (χ2n) is 5.29. The normalized spacial score (nSPS) is 16.6. The van der Waals surface area contributed by atoms with Crippen LogP contribution >= 0.6 is 0 Å². The van der Waals surface area contributed by atoms with Gasteiger partial charge in [-0.1, -0.05) is 6.07 Å². The first-order valence-electron chi connectivity index (χ1n) is 6.81. The van der Waals surface area contributed by atoms with Gasteiger partial charge in [-0.25, -0.2) is 0 Å². The molecule has 2 rings (SSSR count). The summed E-state index contributed by atoms with van der Waals surface area (Å²) >= 11 is 0. The van der Waals surface area contributed by atoms with Gasteiger partial charge in [0.1, 0.15) is 0 Å². The molecule has 0 radical (unpaired) electrons. The van der Waals surface area contributed by atoms with Crippen molar-refractivity contribution in [3.05, 3.63) is 29.8 Å². The molecule has 1 heterocycles. The van der Waals surface area contributed by atoms with Gasteiger partial charge in [0.25, 0.3) is 0 Å². The average molecular weight is 258 g/mol. The summed E-state index contributed by atoms with van der Waals surface area (Å²) in [6.07, 6.45) is 0. The van der Waals surface area contributed by atoms with Gasteiger partial charge < -0.3 is 9.80 Å². The van der Waals surface area contributed by atoms with E-state index in [-0.39, 0.29) is 0 Å². The Labute approximate surface area is 115 Å². The van der Waals surface area contributed by atoms with E-state index in [0.717, 1.165) is 44.8 Å². The van der Waals surface area contributed by atoms with Crippen molar-refractivity contribution in [3.63, 3.8) is 0 Å². The minimum absolute atomic E-state index is 0.743. The monoisotopic (exact) mass is 258 g/mol. The molecule has 0 unspecified atom stereocenters. The molecule has 4 heteroatoms. The molecule has 0 amide bonds. The molecule has 1 aliphatic rings. The van der Waals surface area contributed by atoms with Crippen molar-refractivity contribution >= 4 is 5.69 Å². The average Bonchev–Trinajstić information content (AvgIpc) is 2.45. The highest BCUT2D eigenvalue weighted by Gasteiger charge is 2.17. The largest absolute Gasteiger partial charge is 0.369 e. The third-order valence-electron chi connectivity index (χ3n) is 3.58. The number of piperazine rings is 1. The van der Waals surface area contributed by atoms with Gasteiger partial charge in [-0.05, 0) is 32.3 Å². The Balaban J connectivity index is 1.87. The number of hydrogen-bond acceptors (Lipinski definition) is 4. The fourth-order valence-corrected chi connectivity index (χ4v) is 2.34. The maximum atomic E-state index is 8.94. The number of nitriles is 1. The highest BCUT2D eigenvalue weighted by Crippen LogP contribution is 2.17. The van der Waals surface area contributed by atoms with Crippen LogP contribution in [0.2, 0.25) is 0 Å². The van der Waals surface area contributed by atoms with Gasteiger partial charge in [0.2, 0.25) is 0 Å². The Morgan fingerprint density at radius 1 is 1.21 bits per heavy atom. The zero-order valence-electron chi connectivity index (χ0n) is 11.8. The van der Waals surface area contributed by atoms with Gasteiger partial charge in [0.15, 0.2) is 0 Å². The molecule has 1 aliphatic heterocycles. The van der Waals surface area contributed by atoms with Crippen molar-refractivity contribution in [3.8, 4) is 6.07 Å². The van der Waals surface area contributed by atoms with E-state index in [4.69, 9.17) is 5.26 Å². The summed E-state index contributed by atoms with van der Waals surface area (Å²) in [6, 6.07) is 10.1. The summed E-state index contributed by atoms with van der Waals surface area (Å²) in [7, 11) is 4.23. The Bertz CT molecular complexity index is 442. The zero-order valence-corrected chi connectivity index (χ0v) is 11.8. The van der Waals surface area contributed by atoms with E-state index in [1.54, 1.807) is 0 Å². The molecule has 0 bridgehead atoms. The van der Waals surface area contributed by atoms with Crippen LogP contribution in [0.3, 0.4) is 0 Å². The molecule has 19 heavy (non-hydrogen) atoms. The Morgan fingerprint density at radius 3 is 2.58 bits per heavy atom. The quantitative estimate of drug-likeness (QED) is 0.813. The molecule has 1 aromatic carbocycles. The van der Waals surface area contributed by atoms with Crippen LogP contribution in [0.4, 0.5) is 5.69 Å². The first-order valence-corrected chi connectivity index (χ1v) is 6.81. The van der Waals surface area contributed by atoms with Crippen LogP contribution in [0.25, 0.3) is 0 Å². The van der Waals surface area contributed by atoms with Crippen LogP contribution in [-0.2, 0) is 0 Å². The lowest BCUT2D eigenvalue weighted by Crippen LogP contribution is -2.48. The molecular formula is C15H22N4. The van der Waals surface area contributed by atoms with Gasteiger partial charge >= 0.3 is 0 Å². The van der Waals surface area contributed by atoms with E-state index in [9.17, 15) is 0 Å². The van der Waals surface area contributed by atoms with Crippen LogP contribution < -0.4 is 4.90 Å². The van der Waals surface area contributed by atoms with E-state index in [1.807, 2.05) is 18.2 Å². The number of hydrogen-bond donors (Lipinski definition) is 0. The van der Waals surface area contributed by atoms with E-state index in [0.29, 0.717) is 0 Å². The highest BCUT2D eigenvalue weighted by atomic mass is 15.3. The third-order valence-corrected chi connectivity index (χ3v) is 3.58. The molecule has 0 spiro atoms. The summed E-state index contributed by atoms with van der Waals surface area (Å²) in [6.45, 7) is 6.54. The molecule has 102 valence electrons. The molecule has 0 aromatic heterocycles. The molecular weight excluding hydrogens is 236 g/mol. The standard InChI is InChI=1S/C15H22N4/c1-17(2)6-7-18-8-10-19(11-9-18)15-5-3-4-14(12-15)13-16/h3-5,12H,6-11H2,1-2H3. The van der Waals surface area contributed by atoms with Crippen molar-refractivity contribution in [1.82, 2.24) is 9.80 Å². The number of anilines is 1. The third kappa shape index (κ3) is 3.95. The summed E-state index contributed by atoms with van der Waals surface area (Å²) in [4.78, 5) is 7.10. The summed E-state index contributed by atoms with van der Waals surface area (Å²) in [5.74, 6) is 0. The van der Waals surface area contributed by atoms with Crippen LogP contribution in [-0.4, -0.2) is 63.2 Å². The van der Waals surface area contributed by atoms with Gasteiger partial charge in [-0.2, -0.15) is 5.26 Å². The number of benzene rings is 1. The summed E-state index contributed by atoms with van der Waals surface area (Å²) in [5, 5.41) is 8.94. The fraction of sp³-hybridized carbons (Fsp3) is 0.533. The lowest BCUT2D eigenvalue weighted by Gasteiger charge is -2.36. The topological polar surface area (TPSA) is 33.5 Å². The van der Waals surface area contributed by atoms with Gasteiger partial charge in [-0.3, -0.25) is 4.90 Å². The predicted octanol–water partition coefficient (Wildman–Crippen LogP) is 1.24. The van der Waals surface area contributed by atoms with E-state index in [1.165, 1.54) is 5.69 Å². The van der Waals surface area contributed by atoms with Gasteiger partial charge in [-0.15, -0.1) is 0 Å². The number of rotatable bonds is 4. The van der Waals surface area contributed by atoms with Crippen molar-refractivity contribution in [2.45, 2.75) is 0 Å². The SMILES string of the molecule is CN(C)CCN1CCN(c2cccc(C#N)c2)CC1. The maximum Gasteiger partial charge on any atom is 0.0992 e. The smallest absolute Gasteiger partial charge is 0.0992 e. The molecule has 1 saturated heterocycles. The first-order chi connectivity index (χ1) is 9.19. The zero-order chi connectivity index (χ0) is 13.7. The maximum absolute atomic E-state index is 8.94. The highest BCUT2D eigenvalue weighted by molar-refractivity contribution is 5.51. The summed E-state index contributed by atoms with van der Waals surface area (Å²) < 4.78 is 0. The Hall–Kier alpha value is -1.57. The van der Waals surface area contributed by atoms with E-state index >= 15 is 0 Å². The molecule has 0 aliphatic carbocycles. The lowest BCUT2D eigenvalue weighted by molar-refractivity contribution is 0.229. The lowest BCUT2D eigenvalue weighted by atomic mass is 10.2. The van der Waals surface area contributed by atoms with Gasteiger partial charge in [0, 0.05) is 45.0 Å². The van der Waals surface area contributed by atoms with Crippen LogP contribution in [0.15, 0.2) is 24.3 Å². The molecule has 1 aromatic rings. The molecule has 0 saturated carbocycles. The second kappa shape index (κ2) is 6.55. The Kier molecular flexibility index (Phi) is 4.78. The van der Waals surface area contributed by atoms with Crippen molar-refractivity contribution in [1.29, 1.82) is 5.26 Å². The first kappa shape index (κ1) is 13.9. The molecule has 1 fully saturated rings. The molecule has 0 atom stereocenters. The fourth-order valence-electron chi connectivity index (χ4n) is 2.34. The van der Waals surface area contributed by atoms with Crippen LogP contribution in [0.1, 0.15) is 5.56 Å². The van der Waals surface area contributed by atoms with Crippen LogP contribution in [0, 0.1) is 11.3 Å². The minimum atomic E-state index is 0.743. The van der Waals surface area contributed by atoms with Crippen molar-refractivity contribution < 1.29 is 0 Å². The second-order valence-corrected chi connectivity index (χ2v) is 5.29. The van der Waals surface area contributed by atoms with Gasteiger partial charge in [0.05, 0.1) is 11.6 Å².